The number of aryl methyl sites for hydroxylation is 1. The smallest absolute Gasteiger partial charge is 0.271 e. The van der Waals surface area contributed by atoms with Crippen LogP contribution < -0.4 is 10.7 Å². The van der Waals surface area contributed by atoms with Crippen LogP contribution in [-0.4, -0.2) is 23.0 Å². The summed E-state index contributed by atoms with van der Waals surface area (Å²) >= 11 is 0. The fraction of sp³-hybridized carbons (Fsp3) is 0.0476. The van der Waals surface area contributed by atoms with Crippen molar-refractivity contribution in [3.05, 3.63) is 95.3 Å². The molecular formula is C21H18N4O2. The Hall–Kier alpha value is -3.80. The van der Waals surface area contributed by atoms with Gasteiger partial charge < -0.3 is 5.32 Å². The van der Waals surface area contributed by atoms with Gasteiger partial charge in [0.05, 0.1) is 6.21 Å². The summed E-state index contributed by atoms with van der Waals surface area (Å²) in [6.07, 6.45) is 4.83. The SMILES string of the molecule is Cc1ccccc1C(=O)Nc1ccc(C(=O)NN=Cc2ccncc2)cc1. The number of hydrogen-bond donors (Lipinski definition) is 2. The lowest BCUT2D eigenvalue weighted by atomic mass is 10.1. The zero-order chi connectivity index (χ0) is 19.1. The van der Waals surface area contributed by atoms with E-state index in [0.717, 1.165) is 11.1 Å². The van der Waals surface area contributed by atoms with Crippen LogP contribution in [0.15, 0.2) is 78.2 Å². The van der Waals surface area contributed by atoms with Crippen molar-refractivity contribution < 1.29 is 9.59 Å². The average molecular weight is 358 g/mol. The number of carbonyl (C=O) groups excluding carboxylic acids is 2. The molecule has 0 bridgehead atoms. The van der Waals surface area contributed by atoms with Crippen LogP contribution in [-0.2, 0) is 0 Å². The summed E-state index contributed by atoms with van der Waals surface area (Å²) < 4.78 is 0. The quantitative estimate of drug-likeness (QED) is 0.541. The molecule has 0 saturated carbocycles. The molecule has 0 atom stereocenters. The van der Waals surface area contributed by atoms with Gasteiger partial charge in [0.15, 0.2) is 0 Å². The van der Waals surface area contributed by atoms with E-state index < -0.39 is 0 Å². The molecule has 0 saturated heterocycles. The minimum absolute atomic E-state index is 0.188. The molecule has 3 rings (SSSR count). The third-order valence-electron chi connectivity index (χ3n) is 3.88. The van der Waals surface area contributed by atoms with E-state index in [1.165, 1.54) is 6.21 Å². The predicted octanol–water partition coefficient (Wildman–Crippen LogP) is 3.41. The van der Waals surface area contributed by atoms with Crippen LogP contribution in [0.1, 0.15) is 31.8 Å². The standard InChI is InChI=1S/C21H18N4O2/c1-15-4-2-3-5-19(15)21(27)24-18-8-6-17(7-9-18)20(26)25-23-14-16-10-12-22-13-11-16/h2-14H,1H3,(H,24,27)(H,25,26). The zero-order valence-electron chi connectivity index (χ0n) is 14.7. The van der Waals surface area contributed by atoms with Gasteiger partial charge in [0.2, 0.25) is 0 Å². The van der Waals surface area contributed by atoms with Crippen LogP contribution >= 0.6 is 0 Å². The molecule has 6 nitrogen and oxygen atoms in total. The summed E-state index contributed by atoms with van der Waals surface area (Å²) in [6, 6.07) is 17.5. The fourth-order valence-corrected chi connectivity index (χ4v) is 2.41. The topological polar surface area (TPSA) is 83.5 Å². The third-order valence-corrected chi connectivity index (χ3v) is 3.88. The number of nitrogens with one attached hydrogen (secondary N) is 2. The largest absolute Gasteiger partial charge is 0.322 e. The summed E-state index contributed by atoms with van der Waals surface area (Å²) in [5.41, 5.74) is 5.86. The van der Waals surface area contributed by atoms with Crippen molar-refractivity contribution in [2.75, 3.05) is 5.32 Å². The Morgan fingerprint density at radius 3 is 2.33 bits per heavy atom. The molecule has 134 valence electrons. The van der Waals surface area contributed by atoms with Gasteiger partial charge in [-0.25, -0.2) is 5.43 Å². The molecule has 1 heterocycles. The predicted molar refractivity (Wildman–Crippen MR) is 105 cm³/mol. The highest BCUT2D eigenvalue weighted by Crippen LogP contribution is 2.13. The van der Waals surface area contributed by atoms with Crippen molar-refractivity contribution >= 4 is 23.7 Å². The first-order valence-electron chi connectivity index (χ1n) is 8.34. The Labute approximate surface area is 157 Å². The first kappa shape index (κ1) is 18.0. The lowest BCUT2D eigenvalue weighted by Crippen LogP contribution is -2.18. The minimum Gasteiger partial charge on any atom is -0.322 e. The van der Waals surface area contributed by atoms with Crippen molar-refractivity contribution in [1.29, 1.82) is 0 Å². The monoisotopic (exact) mass is 358 g/mol. The van der Waals surface area contributed by atoms with E-state index in [-0.39, 0.29) is 11.8 Å². The molecule has 1 aromatic heterocycles. The maximum Gasteiger partial charge on any atom is 0.271 e. The normalized spacial score (nSPS) is 10.6. The van der Waals surface area contributed by atoms with Gasteiger partial charge in [-0.2, -0.15) is 5.10 Å². The van der Waals surface area contributed by atoms with E-state index in [1.54, 1.807) is 54.9 Å². The lowest BCUT2D eigenvalue weighted by molar-refractivity contribution is 0.0954. The van der Waals surface area contributed by atoms with Gasteiger partial charge in [0, 0.05) is 29.2 Å². The zero-order valence-corrected chi connectivity index (χ0v) is 14.7. The highest BCUT2D eigenvalue weighted by molar-refractivity contribution is 6.05. The van der Waals surface area contributed by atoms with Crippen LogP contribution in [0, 0.1) is 6.92 Å². The second-order valence-electron chi connectivity index (χ2n) is 5.83. The first-order chi connectivity index (χ1) is 13.1. The van der Waals surface area contributed by atoms with Gasteiger partial charge in [-0.3, -0.25) is 14.6 Å². The van der Waals surface area contributed by atoms with E-state index in [0.29, 0.717) is 16.8 Å². The number of hydrazone groups is 1. The maximum atomic E-state index is 12.3. The summed E-state index contributed by atoms with van der Waals surface area (Å²) in [7, 11) is 0. The maximum absolute atomic E-state index is 12.3. The average Bonchev–Trinajstić information content (AvgIpc) is 2.69. The number of amides is 2. The Bertz CT molecular complexity index is 967. The Morgan fingerprint density at radius 1 is 0.926 bits per heavy atom. The number of hydrogen-bond acceptors (Lipinski definition) is 4. The van der Waals surface area contributed by atoms with Crippen LogP contribution in [0.25, 0.3) is 0 Å². The highest BCUT2D eigenvalue weighted by Gasteiger charge is 2.09. The molecule has 0 aliphatic carbocycles. The van der Waals surface area contributed by atoms with Gasteiger partial charge in [-0.15, -0.1) is 0 Å². The number of rotatable bonds is 5. The molecule has 27 heavy (non-hydrogen) atoms. The lowest BCUT2D eigenvalue weighted by Gasteiger charge is -2.08. The molecule has 2 amide bonds. The van der Waals surface area contributed by atoms with Crippen LogP contribution in [0.4, 0.5) is 5.69 Å². The van der Waals surface area contributed by atoms with Gasteiger partial charge >= 0.3 is 0 Å². The number of benzene rings is 2. The van der Waals surface area contributed by atoms with Gasteiger partial charge in [0.1, 0.15) is 0 Å². The number of aromatic nitrogens is 1. The molecular weight excluding hydrogens is 340 g/mol. The fourth-order valence-electron chi connectivity index (χ4n) is 2.41. The summed E-state index contributed by atoms with van der Waals surface area (Å²) in [6.45, 7) is 1.88. The molecule has 2 aromatic carbocycles. The second-order valence-corrected chi connectivity index (χ2v) is 5.83. The molecule has 3 aromatic rings. The molecule has 0 unspecified atom stereocenters. The summed E-state index contributed by atoms with van der Waals surface area (Å²) in [5.74, 6) is -0.524. The van der Waals surface area contributed by atoms with Crippen LogP contribution in [0.5, 0.6) is 0 Å². The van der Waals surface area contributed by atoms with Crippen molar-refractivity contribution in [2.45, 2.75) is 6.92 Å². The summed E-state index contributed by atoms with van der Waals surface area (Å²) in [4.78, 5) is 28.3. The molecule has 0 aliphatic heterocycles. The van der Waals surface area contributed by atoms with Crippen molar-refractivity contribution in [3.63, 3.8) is 0 Å². The summed E-state index contributed by atoms with van der Waals surface area (Å²) in [5, 5.41) is 6.74. The minimum atomic E-state index is -0.336. The van der Waals surface area contributed by atoms with Crippen LogP contribution in [0.2, 0.25) is 0 Å². The van der Waals surface area contributed by atoms with Gasteiger partial charge in [-0.05, 0) is 60.5 Å². The van der Waals surface area contributed by atoms with Gasteiger partial charge in [-0.1, -0.05) is 18.2 Å². The Morgan fingerprint density at radius 2 is 1.63 bits per heavy atom. The number of carbonyl (C=O) groups is 2. The Balaban J connectivity index is 1.59. The first-order valence-corrected chi connectivity index (χ1v) is 8.34. The second kappa shape index (κ2) is 8.53. The Kier molecular flexibility index (Phi) is 5.69. The molecule has 2 N–H and O–H groups in total. The van der Waals surface area contributed by atoms with E-state index in [1.807, 2.05) is 25.1 Å². The number of nitrogens with zero attached hydrogens (tertiary/aromatic N) is 2. The number of pyridine rings is 1. The van der Waals surface area contributed by atoms with Crippen LogP contribution in [0.3, 0.4) is 0 Å². The van der Waals surface area contributed by atoms with E-state index in [4.69, 9.17) is 0 Å². The molecule has 0 fully saturated rings. The molecule has 0 aliphatic rings. The van der Waals surface area contributed by atoms with E-state index in [9.17, 15) is 9.59 Å². The molecule has 0 radical (unpaired) electrons. The van der Waals surface area contributed by atoms with Crippen molar-refractivity contribution in [2.24, 2.45) is 5.10 Å². The van der Waals surface area contributed by atoms with Crippen molar-refractivity contribution in [3.8, 4) is 0 Å². The van der Waals surface area contributed by atoms with Gasteiger partial charge in [0.25, 0.3) is 11.8 Å². The third kappa shape index (κ3) is 4.85. The van der Waals surface area contributed by atoms with Crippen molar-refractivity contribution in [1.82, 2.24) is 10.4 Å². The molecule has 0 spiro atoms. The molecule has 6 heteroatoms. The highest BCUT2D eigenvalue weighted by atomic mass is 16.2. The number of anilines is 1. The van der Waals surface area contributed by atoms with E-state index >= 15 is 0 Å². The van der Waals surface area contributed by atoms with E-state index in [2.05, 4.69) is 20.8 Å².